The molecule has 24 heavy (non-hydrogen) atoms. The Kier molecular flexibility index (Phi) is 5.17. The van der Waals surface area contributed by atoms with E-state index in [1.54, 1.807) is 24.3 Å². The number of nitrogens with one attached hydrogen (secondary N) is 1. The van der Waals surface area contributed by atoms with E-state index in [2.05, 4.69) is 17.1 Å². The van der Waals surface area contributed by atoms with Crippen LogP contribution >= 0.6 is 11.6 Å². The first kappa shape index (κ1) is 16.9. The van der Waals surface area contributed by atoms with Crippen LogP contribution in [0.1, 0.15) is 24.9 Å². The van der Waals surface area contributed by atoms with E-state index in [0.717, 1.165) is 24.2 Å². The predicted octanol–water partition coefficient (Wildman–Crippen LogP) is 4.50. The van der Waals surface area contributed by atoms with Crippen molar-refractivity contribution in [2.45, 2.75) is 19.4 Å². The average Bonchev–Trinajstić information content (AvgIpc) is 2.90. The molecule has 0 radical (unpaired) electrons. The molecule has 2 aromatic rings. The number of hydrogen-bond donors (Lipinski definition) is 1. The zero-order chi connectivity index (χ0) is 17.1. The number of carbonyl (C=O) groups is 1. The Balaban J connectivity index is 1.66. The van der Waals surface area contributed by atoms with Crippen LogP contribution in [-0.4, -0.2) is 23.9 Å². The number of hydrogen-bond acceptors (Lipinski definition) is 2. The van der Waals surface area contributed by atoms with E-state index >= 15 is 0 Å². The number of amides is 1. The lowest BCUT2D eigenvalue weighted by Crippen LogP contribution is -2.33. The highest BCUT2D eigenvalue weighted by atomic mass is 35.5. The highest BCUT2D eigenvalue weighted by molar-refractivity contribution is 6.30. The van der Waals surface area contributed by atoms with Crippen LogP contribution in [0.25, 0.3) is 0 Å². The molecule has 2 atom stereocenters. The van der Waals surface area contributed by atoms with Gasteiger partial charge in [0, 0.05) is 23.3 Å². The van der Waals surface area contributed by atoms with E-state index < -0.39 is 0 Å². The lowest BCUT2D eigenvalue weighted by atomic mass is 10.0. The van der Waals surface area contributed by atoms with Gasteiger partial charge in [-0.2, -0.15) is 0 Å². The molecule has 126 valence electrons. The number of halogens is 2. The number of likely N-dealkylation sites (tertiary alicyclic amines) is 1. The second-order valence-electron chi connectivity index (χ2n) is 6.39. The Morgan fingerprint density at radius 2 is 1.88 bits per heavy atom. The maximum absolute atomic E-state index is 13.1. The minimum absolute atomic E-state index is 0.0569. The number of benzene rings is 2. The third kappa shape index (κ3) is 4.13. The standard InChI is InChI=1S/C19H20ClFN2O/c1-13-10-18(14-2-6-16(21)7-3-14)23(11-13)12-19(24)22-17-8-4-15(20)5-9-17/h2-9,13,18H,10-12H2,1H3,(H,22,24). The van der Waals surface area contributed by atoms with Gasteiger partial charge in [0.05, 0.1) is 6.54 Å². The van der Waals surface area contributed by atoms with Crippen molar-refractivity contribution < 1.29 is 9.18 Å². The van der Waals surface area contributed by atoms with Gasteiger partial charge < -0.3 is 5.32 Å². The van der Waals surface area contributed by atoms with E-state index in [0.29, 0.717) is 17.5 Å². The van der Waals surface area contributed by atoms with Crippen molar-refractivity contribution >= 4 is 23.2 Å². The second-order valence-corrected chi connectivity index (χ2v) is 6.83. The summed E-state index contributed by atoms with van der Waals surface area (Å²) in [5.41, 5.74) is 1.79. The molecule has 3 rings (SSSR count). The van der Waals surface area contributed by atoms with Gasteiger partial charge in [-0.25, -0.2) is 4.39 Å². The van der Waals surface area contributed by atoms with Gasteiger partial charge in [0.1, 0.15) is 5.82 Å². The molecule has 2 aromatic carbocycles. The monoisotopic (exact) mass is 346 g/mol. The molecule has 1 aliphatic rings. The maximum Gasteiger partial charge on any atom is 0.238 e. The number of rotatable bonds is 4. The summed E-state index contributed by atoms with van der Waals surface area (Å²) in [5, 5.41) is 3.53. The molecule has 0 aliphatic carbocycles. The number of anilines is 1. The van der Waals surface area contributed by atoms with Gasteiger partial charge in [0.15, 0.2) is 0 Å². The first-order chi connectivity index (χ1) is 11.5. The number of nitrogens with zero attached hydrogens (tertiary/aromatic N) is 1. The lowest BCUT2D eigenvalue weighted by molar-refractivity contribution is -0.117. The van der Waals surface area contributed by atoms with Crippen LogP contribution < -0.4 is 5.32 Å². The van der Waals surface area contributed by atoms with E-state index in [9.17, 15) is 9.18 Å². The molecule has 0 bridgehead atoms. The average molecular weight is 347 g/mol. The summed E-state index contributed by atoms with van der Waals surface area (Å²) in [6.45, 7) is 3.35. The van der Waals surface area contributed by atoms with Gasteiger partial charge in [0.2, 0.25) is 5.91 Å². The zero-order valence-electron chi connectivity index (χ0n) is 13.5. The van der Waals surface area contributed by atoms with Crippen LogP contribution in [0.2, 0.25) is 5.02 Å². The normalized spacial score (nSPS) is 21.0. The Morgan fingerprint density at radius 1 is 1.21 bits per heavy atom. The minimum Gasteiger partial charge on any atom is -0.325 e. The molecule has 5 heteroatoms. The first-order valence-corrected chi connectivity index (χ1v) is 8.44. The smallest absolute Gasteiger partial charge is 0.238 e. The molecule has 0 aromatic heterocycles. The third-order valence-electron chi connectivity index (χ3n) is 4.34. The van der Waals surface area contributed by atoms with Crippen molar-refractivity contribution in [3.8, 4) is 0 Å². The van der Waals surface area contributed by atoms with Crippen molar-refractivity contribution in [2.75, 3.05) is 18.4 Å². The third-order valence-corrected chi connectivity index (χ3v) is 4.59. The summed E-state index contributed by atoms with van der Waals surface area (Å²) in [6, 6.07) is 13.8. The van der Waals surface area contributed by atoms with E-state index in [-0.39, 0.29) is 17.8 Å². The molecule has 1 N–H and O–H groups in total. The van der Waals surface area contributed by atoms with Crippen LogP contribution in [0.4, 0.5) is 10.1 Å². The van der Waals surface area contributed by atoms with Crippen LogP contribution in [-0.2, 0) is 4.79 Å². The Labute approximate surface area is 146 Å². The van der Waals surface area contributed by atoms with Crippen LogP contribution in [0.15, 0.2) is 48.5 Å². The number of carbonyl (C=O) groups excluding carboxylic acids is 1. The van der Waals surface area contributed by atoms with Gasteiger partial charge in [-0.15, -0.1) is 0 Å². The topological polar surface area (TPSA) is 32.3 Å². The molecular weight excluding hydrogens is 327 g/mol. The Hall–Kier alpha value is -1.91. The quantitative estimate of drug-likeness (QED) is 0.884. The molecule has 1 saturated heterocycles. The first-order valence-electron chi connectivity index (χ1n) is 8.06. The van der Waals surface area contributed by atoms with E-state index in [1.807, 2.05) is 12.1 Å². The van der Waals surface area contributed by atoms with Crippen molar-refractivity contribution in [1.29, 1.82) is 0 Å². The largest absolute Gasteiger partial charge is 0.325 e. The van der Waals surface area contributed by atoms with Crippen LogP contribution in [0.3, 0.4) is 0 Å². The molecule has 1 fully saturated rings. The fourth-order valence-corrected chi connectivity index (χ4v) is 3.38. The molecule has 0 saturated carbocycles. The Bertz CT molecular complexity index is 702. The van der Waals surface area contributed by atoms with Gasteiger partial charge in [-0.1, -0.05) is 30.7 Å². The molecule has 0 spiro atoms. The molecule has 3 nitrogen and oxygen atoms in total. The van der Waals surface area contributed by atoms with Gasteiger partial charge in [-0.05, 0) is 54.3 Å². The van der Waals surface area contributed by atoms with E-state index in [4.69, 9.17) is 11.6 Å². The summed E-state index contributed by atoms with van der Waals surface area (Å²) < 4.78 is 13.1. The summed E-state index contributed by atoms with van der Waals surface area (Å²) in [7, 11) is 0. The van der Waals surface area contributed by atoms with Crippen molar-refractivity contribution in [1.82, 2.24) is 4.90 Å². The maximum atomic E-state index is 13.1. The van der Waals surface area contributed by atoms with Crippen LogP contribution in [0.5, 0.6) is 0 Å². The van der Waals surface area contributed by atoms with Gasteiger partial charge >= 0.3 is 0 Å². The van der Waals surface area contributed by atoms with Gasteiger partial charge in [-0.3, -0.25) is 9.69 Å². The summed E-state index contributed by atoms with van der Waals surface area (Å²) in [5.74, 6) is 0.207. The zero-order valence-corrected chi connectivity index (χ0v) is 14.3. The fraction of sp³-hybridized carbons (Fsp3) is 0.316. The predicted molar refractivity (Wildman–Crippen MR) is 94.6 cm³/mol. The Morgan fingerprint density at radius 3 is 2.54 bits per heavy atom. The van der Waals surface area contributed by atoms with Crippen LogP contribution in [0, 0.1) is 11.7 Å². The summed E-state index contributed by atoms with van der Waals surface area (Å²) in [6.07, 6.45) is 0.972. The summed E-state index contributed by atoms with van der Waals surface area (Å²) in [4.78, 5) is 14.5. The van der Waals surface area contributed by atoms with Crippen molar-refractivity contribution in [3.05, 3.63) is 64.9 Å². The summed E-state index contributed by atoms with van der Waals surface area (Å²) >= 11 is 5.85. The molecule has 1 heterocycles. The van der Waals surface area contributed by atoms with Crippen molar-refractivity contribution in [2.24, 2.45) is 5.92 Å². The highest BCUT2D eigenvalue weighted by Crippen LogP contribution is 2.35. The molecule has 1 amide bonds. The highest BCUT2D eigenvalue weighted by Gasteiger charge is 2.31. The van der Waals surface area contributed by atoms with Crippen molar-refractivity contribution in [3.63, 3.8) is 0 Å². The second kappa shape index (κ2) is 7.32. The van der Waals surface area contributed by atoms with Gasteiger partial charge in [0.25, 0.3) is 0 Å². The van der Waals surface area contributed by atoms with E-state index in [1.165, 1.54) is 12.1 Å². The lowest BCUT2D eigenvalue weighted by Gasteiger charge is -2.24. The molecule has 1 aliphatic heterocycles. The minimum atomic E-state index is -0.239. The SMILES string of the molecule is CC1CC(c2ccc(F)cc2)N(CC(=O)Nc2ccc(Cl)cc2)C1. The fourth-order valence-electron chi connectivity index (χ4n) is 3.26. The molecule has 2 unspecified atom stereocenters. The molecular formula is C19H20ClFN2O.